The number of hydrogen-bond acceptors (Lipinski definition) is 4. The SMILES string of the molecule is COc1cc2c(=O)[n+]3c(cnc2cc1OCc1ccccc1)Cc1ccccc1-3. The van der Waals surface area contributed by atoms with E-state index < -0.39 is 0 Å². The molecule has 0 radical (unpaired) electrons. The Morgan fingerprint density at radius 3 is 2.62 bits per heavy atom. The van der Waals surface area contributed by atoms with E-state index in [4.69, 9.17) is 9.47 Å². The van der Waals surface area contributed by atoms with Crippen LogP contribution in [-0.4, -0.2) is 12.1 Å². The molecule has 3 aromatic carbocycles. The fourth-order valence-electron chi connectivity index (χ4n) is 3.75. The zero-order valence-corrected chi connectivity index (χ0v) is 16.0. The van der Waals surface area contributed by atoms with Crippen LogP contribution >= 0.6 is 0 Å². The molecule has 4 aromatic rings. The average Bonchev–Trinajstić information content (AvgIpc) is 3.08. The van der Waals surface area contributed by atoms with E-state index in [1.165, 1.54) is 0 Å². The minimum atomic E-state index is -0.106. The van der Waals surface area contributed by atoms with Crippen LogP contribution in [0.2, 0.25) is 0 Å². The number of nitrogens with zero attached hydrogens (tertiary/aromatic N) is 2. The van der Waals surface area contributed by atoms with E-state index in [2.05, 4.69) is 4.98 Å². The van der Waals surface area contributed by atoms with Gasteiger partial charge >= 0.3 is 5.56 Å². The van der Waals surface area contributed by atoms with Crippen molar-refractivity contribution in [2.75, 3.05) is 7.11 Å². The molecule has 5 rings (SSSR count). The van der Waals surface area contributed by atoms with E-state index >= 15 is 0 Å². The van der Waals surface area contributed by atoms with Gasteiger partial charge in [0.05, 0.1) is 25.2 Å². The van der Waals surface area contributed by atoms with E-state index in [1.807, 2.05) is 54.6 Å². The summed E-state index contributed by atoms with van der Waals surface area (Å²) in [5.41, 5.74) is 4.44. The molecule has 5 nitrogen and oxygen atoms in total. The third-order valence-electron chi connectivity index (χ3n) is 5.20. The molecule has 1 aromatic heterocycles. The van der Waals surface area contributed by atoms with Gasteiger partial charge in [-0.1, -0.05) is 48.5 Å². The van der Waals surface area contributed by atoms with Crippen molar-refractivity contribution >= 4 is 10.9 Å². The van der Waals surface area contributed by atoms with Gasteiger partial charge < -0.3 is 9.47 Å². The third-order valence-corrected chi connectivity index (χ3v) is 5.20. The lowest BCUT2D eigenvalue weighted by molar-refractivity contribution is -0.610. The van der Waals surface area contributed by atoms with Crippen molar-refractivity contribution in [2.45, 2.75) is 13.0 Å². The second-order valence-electron chi connectivity index (χ2n) is 6.99. The van der Waals surface area contributed by atoms with Gasteiger partial charge in [0.2, 0.25) is 11.4 Å². The lowest BCUT2D eigenvalue weighted by Crippen LogP contribution is -2.47. The van der Waals surface area contributed by atoms with Gasteiger partial charge in [0.1, 0.15) is 12.0 Å². The van der Waals surface area contributed by atoms with E-state index in [0.29, 0.717) is 35.4 Å². The molecule has 0 saturated carbocycles. The van der Waals surface area contributed by atoms with Crippen molar-refractivity contribution in [3.8, 4) is 17.2 Å². The Hall–Kier alpha value is -3.73. The Morgan fingerprint density at radius 1 is 1.00 bits per heavy atom. The normalized spacial score (nSPS) is 11.8. The first-order chi connectivity index (χ1) is 14.2. The maximum atomic E-state index is 13.4. The second kappa shape index (κ2) is 7.02. The standard InChI is InChI=1S/C24H19N2O3/c1-28-22-12-19-20(13-23(22)29-15-16-7-3-2-4-8-16)25-14-18-11-17-9-5-6-10-21(17)26(18)24(19)27/h2-10,12-14H,11,15H2,1H3/q+1. The molecule has 142 valence electrons. The fraction of sp³-hybridized carbons (Fsp3) is 0.125. The first kappa shape index (κ1) is 17.4. The Balaban J connectivity index is 1.63. The highest BCUT2D eigenvalue weighted by molar-refractivity contribution is 5.81. The Kier molecular flexibility index (Phi) is 4.21. The monoisotopic (exact) mass is 383 g/mol. The van der Waals surface area contributed by atoms with E-state index in [9.17, 15) is 4.79 Å². The summed E-state index contributed by atoms with van der Waals surface area (Å²) in [6.07, 6.45) is 2.46. The van der Waals surface area contributed by atoms with Crippen LogP contribution in [0.15, 0.2) is 77.7 Å². The summed E-state index contributed by atoms with van der Waals surface area (Å²) in [7, 11) is 1.57. The van der Waals surface area contributed by atoms with E-state index in [0.717, 1.165) is 22.5 Å². The molecular formula is C24H19N2O3+. The van der Waals surface area contributed by atoms with Gasteiger partial charge in [-0.05, 0) is 5.56 Å². The van der Waals surface area contributed by atoms with Crippen LogP contribution in [0, 0.1) is 0 Å². The molecule has 0 N–H and O–H groups in total. The summed E-state index contributed by atoms with van der Waals surface area (Å²) in [4.78, 5) is 18.0. The van der Waals surface area contributed by atoms with Crippen LogP contribution < -0.4 is 19.6 Å². The van der Waals surface area contributed by atoms with Gasteiger partial charge in [-0.2, -0.15) is 0 Å². The zero-order chi connectivity index (χ0) is 19.8. The molecule has 0 fully saturated rings. The fourth-order valence-corrected chi connectivity index (χ4v) is 3.75. The minimum absolute atomic E-state index is 0.106. The zero-order valence-electron chi connectivity index (χ0n) is 16.0. The molecule has 0 bridgehead atoms. The summed E-state index contributed by atoms with van der Waals surface area (Å²) < 4.78 is 13.2. The quantitative estimate of drug-likeness (QED) is 0.447. The summed E-state index contributed by atoms with van der Waals surface area (Å²) in [5.74, 6) is 1.08. The number of para-hydroxylation sites is 1. The average molecular weight is 383 g/mol. The van der Waals surface area contributed by atoms with E-state index in [-0.39, 0.29) is 5.56 Å². The molecule has 0 aliphatic carbocycles. The summed E-state index contributed by atoms with van der Waals surface area (Å²) >= 11 is 0. The first-order valence-corrected chi connectivity index (χ1v) is 9.45. The highest BCUT2D eigenvalue weighted by Gasteiger charge is 2.30. The molecule has 0 saturated heterocycles. The maximum Gasteiger partial charge on any atom is 0.427 e. The van der Waals surface area contributed by atoms with Crippen LogP contribution in [0.1, 0.15) is 16.8 Å². The van der Waals surface area contributed by atoms with Crippen molar-refractivity contribution in [3.05, 3.63) is 100 Å². The topological polar surface area (TPSA) is 52.3 Å². The number of rotatable bonds is 4. The van der Waals surface area contributed by atoms with Crippen LogP contribution in [0.25, 0.3) is 16.6 Å². The first-order valence-electron chi connectivity index (χ1n) is 9.45. The van der Waals surface area contributed by atoms with Crippen molar-refractivity contribution in [2.24, 2.45) is 0 Å². The number of benzene rings is 3. The highest BCUT2D eigenvalue weighted by Crippen LogP contribution is 2.31. The molecule has 1 aliphatic rings. The van der Waals surface area contributed by atoms with Crippen molar-refractivity contribution in [3.63, 3.8) is 0 Å². The third kappa shape index (κ3) is 3.01. The molecule has 0 atom stereocenters. The molecule has 5 heteroatoms. The summed E-state index contributed by atoms with van der Waals surface area (Å²) in [6, 6.07) is 21.3. The predicted octanol–water partition coefficient (Wildman–Crippen LogP) is 3.36. The molecule has 29 heavy (non-hydrogen) atoms. The number of methoxy groups -OCH3 is 1. The largest absolute Gasteiger partial charge is 0.493 e. The molecular weight excluding hydrogens is 364 g/mol. The Morgan fingerprint density at radius 2 is 1.79 bits per heavy atom. The van der Waals surface area contributed by atoms with Gasteiger partial charge in [-0.15, -0.1) is 4.57 Å². The van der Waals surface area contributed by atoms with Crippen molar-refractivity contribution in [1.29, 1.82) is 0 Å². The molecule has 0 spiro atoms. The van der Waals surface area contributed by atoms with Crippen molar-refractivity contribution in [1.82, 2.24) is 4.98 Å². The van der Waals surface area contributed by atoms with Crippen LogP contribution in [0.5, 0.6) is 11.5 Å². The van der Waals surface area contributed by atoms with Crippen molar-refractivity contribution < 1.29 is 14.0 Å². The van der Waals surface area contributed by atoms with Gasteiger partial charge in [0.15, 0.2) is 11.5 Å². The number of ether oxygens (including phenoxy) is 2. The minimum Gasteiger partial charge on any atom is -0.493 e. The van der Waals surface area contributed by atoms with Crippen LogP contribution in [0.4, 0.5) is 0 Å². The molecule has 1 aliphatic heterocycles. The molecule has 0 unspecified atom stereocenters. The Labute approximate surface area is 167 Å². The maximum absolute atomic E-state index is 13.4. The van der Waals surface area contributed by atoms with Gasteiger partial charge in [-0.25, -0.2) is 9.78 Å². The number of hydrogen-bond donors (Lipinski definition) is 0. The summed E-state index contributed by atoms with van der Waals surface area (Å²) in [6.45, 7) is 0.407. The highest BCUT2D eigenvalue weighted by atomic mass is 16.5. The van der Waals surface area contributed by atoms with Gasteiger partial charge in [0.25, 0.3) is 0 Å². The van der Waals surface area contributed by atoms with Gasteiger partial charge in [-0.3, -0.25) is 0 Å². The van der Waals surface area contributed by atoms with Crippen LogP contribution in [0.3, 0.4) is 0 Å². The second-order valence-corrected chi connectivity index (χ2v) is 6.99. The molecule has 0 amide bonds. The van der Waals surface area contributed by atoms with Gasteiger partial charge in [0, 0.05) is 23.8 Å². The predicted molar refractivity (Wildman–Crippen MR) is 110 cm³/mol. The Bertz CT molecular complexity index is 1290. The molecule has 2 heterocycles. The number of fused-ring (bicyclic) bond motifs is 4. The smallest absolute Gasteiger partial charge is 0.427 e. The van der Waals surface area contributed by atoms with E-state index in [1.54, 1.807) is 30.0 Å². The lowest BCUT2D eigenvalue weighted by atomic mass is 10.1. The summed E-state index contributed by atoms with van der Waals surface area (Å²) in [5, 5.41) is 0.497. The lowest BCUT2D eigenvalue weighted by Gasteiger charge is -2.10. The number of aromatic nitrogens is 2. The van der Waals surface area contributed by atoms with Crippen LogP contribution in [-0.2, 0) is 13.0 Å².